The smallest absolute Gasteiger partial charge is 0.259 e. The van der Waals surface area contributed by atoms with E-state index >= 15 is 0 Å². The van der Waals surface area contributed by atoms with Gasteiger partial charge in [0.05, 0.1) is 10.3 Å². The van der Waals surface area contributed by atoms with Gasteiger partial charge in [-0.2, -0.15) is 0 Å². The van der Waals surface area contributed by atoms with Crippen molar-refractivity contribution < 1.29 is 4.79 Å². The van der Waals surface area contributed by atoms with Crippen molar-refractivity contribution in [1.82, 2.24) is 25.6 Å². The number of aromatic amines is 1. The molecule has 1 atom stereocenters. The molecule has 3 N–H and O–H groups in total. The fraction of sp³-hybridized carbons (Fsp3) is 0.438. The van der Waals surface area contributed by atoms with E-state index in [4.69, 9.17) is 0 Å². The van der Waals surface area contributed by atoms with Crippen molar-refractivity contribution in [3.05, 3.63) is 29.7 Å². The highest BCUT2D eigenvalue weighted by Gasteiger charge is 2.21. The van der Waals surface area contributed by atoms with Gasteiger partial charge in [-0.25, -0.2) is 9.97 Å². The number of thioether (sulfide) groups is 1. The van der Waals surface area contributed by atoms with Crippen LogP contribution in [0.3, 0.4) is 0 Å². The van der Waals surface area contributed by atoms with Crippen LogP contribution in [0.25, 0.3) is 11.0 Å². The molecule has 0 unspecified atom stereocenters. The van der Waals surface area contributed by atoms with E-state index in [2.05, 4.69) is 25.6 Å². The van der Waals surface area contributed by atoms with Gasteiger partial charge >= 0.3 is 0 Å². The van der Waals surface area contributed by atoms with Gasteiger partial charge in [-0.1, -0.05) is 0 Å². The van der Waals surface area contributed by atoms with Crippen LogP contribution in [0.4, 0.5) is 5.82 Å². The maximum absolute atomic E-state index is 12.5. The molecule has 2 aliphatic rings. The van der Waals surface area contributed by atoms with Gasteiger partial charge in [-0.3, -0.25) is 4.79 Å². The van der Waals surface area contributed by atoms with Crippen molar-refractivity contribution in [2.45, 2.75) is 18.9 Å². The topological polar surface area (TPSA) is 85.9 Å². The van der Waals surface area contributed by atoms with Crippen LogP contribution >= 0.6 is 11.8 Å². The number of carbonyl (C=O) groups excluding carboxylic acids is 1. The molecule has 0 aliphatic carbocycles. The number of H-pyrrole nitrogens is 1. The van der Waals surface area contributed by atoms with Gasteiger partial charge in [-0.05, 0) is 25.5 Å². The first-order valence-corrected chi connectivity index (χ1v) is 9.21. The molecule has 24 heavy (non-hydrogen) atoms. The summed E-state index contributed by atoms with van der Waals surface area (Å²) in [5.41, 5.74) is 0.810. The lowest BCUT2D eigenvalue weighted by atomic mass is 10.2. The van der Waals surface area contributed by atoms with Crippen molar-refractivity contribution in [3.63, 3.8) is 0 Å². The van der Waals surface area contributed by atoms with Crippen molar-refractivity contribution >= 4 is 34.5 Å². The highest BCUT2D eigenvalue weighted by molar-refractivity contribution is 8.04. The zero-order valence-corrected chi connectivity index (χ0v) is 14.1. The van der Waals surface area contributed by atoms with Gasteiger partial charge in [0.1, 0.15) is 17.8 Å². The minimum Gasteiger partial charge on any atom is -0.350 e. The molecule has 0 radical (unpaired) electrons. The van der Waals surface area contributed by atoms with Crippen LogP contribution in [0.2, 0.25) is 0 Å². The number of anilines is 1. The van der Waals surface area contributed by atoms with Gasteiger partial charge in [0.2, 0.25) is 0 Å². The Morgan fingerprint density at radius 3 is 3.29 bits per heavy atom. The molecule has 0 spiro atoms. The number of hydrogen-bond acceptors (Lipinski definition) is 6. The monoisotopic (exact) mass is 344 g/mol. The molecule has 4 heterocycles. The van der Waals surface area contributed by atoms with E-state index in [1.54, 1.807) is 18.1 Å². The zero-order chi connectivity index (χ0) is 16.4. The molecule has 2 aromatic heterocycles. The Morgan fingerprint density at radius 1 is 1.46 bits per heavy atom. The molecular weight excluding hydrogens is 324 g/mol. The van der Waals surface area contributed by atoms with E-state index in [9.17, 15) is 4.79 Å². The lowest BCUT2D eigenvalue weighted by Crippen LogP contribution is -2.38. The molecular formula is C16H20N6OS. The molecule has 0 saturated carbocycles. The van der Waals surface area contributed by atoms with Gasteiger partial charge in [0.15, 0.2) is 0 Å². The predicted molar refractivity (Wildman–Crippen MR) is 95.8 cm³/mol. The molecule has 0 bridgehead atoms. The minimum atomic E-state index is -0.00207. The third-order valence-corrected chi connectivity index (χ3v) is 5.35. The summed E-state index contributed by atoms with van der Waals surface area (Å²) in [4.78, 5) is 26.9. The summed E-state index contributed by atoms with van der Waals surface area (Å²) in [6, 6.07) is 2.37. The second-order valence-corrected chi connectivity index (χ2v) is 7.11. The molecule has 7 nitrogen and oxygen atoms in total. The third kappa shape index (κ3) is 3.11. The highest BCUT2D eigenvalue weighted by Crippen LogP contribution is 2.28. The Bertz CT molecular complexity index is 767. The maximum atomic E-state index is 12.5. The highest BCUT2D eigenvalue weighted by atomic mass is 32.2. The number of rotatable bonds is 4. The maximum Gasteiger partial charge on any atom is 0.259 e. The van der Waals surface area contributed by atoms with Crippen LogP contribution in [0.1, 0.15) is 12.8 Å². The summed E-state index contributed by atoms with van der Waals surface area (Å²) in [5.74, 6) is 1.69. The first-order valence-electron chi connectivity index (χ1n) is 8.22. The number of carbonyl (C=O) groups is 1. The minimum absolute atomic E-state index is 0.00207. The summed E-state index contributed by atoms with van der Waals surface area (Å²) < 4.78 is 0. The van der Waals surface area contributed by atoms with Gasteiger partial charge in [-0.15, -0.1) is 11.8 Å². The molecule has 2 aromatic rings. The normalized spacial score (nSPS) is 21.1. The zero-order valence-electron chi connectivity index (χ0n) is 13.3. The van der Waals surface area contributed by atoms with Crippen molar-refractivity contribution in [1.29, 1.82) is 0 Å². The van der Waals surface area contributed by atoms with Gasteiger partial charge < -0.3 is 20.5 Å². The number of aromatic nitrogens is 3. The molecule has 1 amide bonds. The first-order chi connectivity index (χ1) is 11.8. The Kier molecular flexibility index (Phi) is 4.40. The Labute approximate surface area is 144 Å². The number of nitrogens with one attached hydrogen (secondary N) is 3. The second-order valence-electron chi connectivity index (χ2n) is 5.98. The number of hydrogen-bond donors (Lipinski definition) is 3. The van der Waals surface area contributed by atoms with Crippen LogP contribution < -0.4 is 15.5 Å². The van der Waals surface area contributed by atoms with E-state index in [0.717, 1.165) is 47.0 Å². The van der Waals surface area contributed by atoms with Crippen LogP contribution in [-0.2, 0) is 4.79 Å². The van der Waals surface area contributed by atoms with Crippen molar-refractivity contribution in [2.24, 2.45) is 0 Å². The Morgan fingerprint density at radius 2 is 2.42 bits per heavy atom. The van der Waals surface area contributed by atoms with Gasteiger partial charge in [0, 0.05) is 37.3 Å². The Balaban J connectivity index is 1.50. The van der Waals surface area contributed by atoms with Crippen molar-refractivity contribution in [2.75, 3.05) is 30.3 Å². The fourth-order valence-corrected chi connectivity index (χ4v) is 4.02. The fourth-order valence-electron chi connectivity index (χ4n) is 3.11. The summed E-state index contributed by atoms with van der Waals surface area (Å²) in [6.45, 7) is 2.56. The molecule has 8 heteroatoms. The van der Waals surface area contributed by atoms with Gasteiger partial charge in [0.25, 0.3) is 5.91 Å². The molecule has 2 aliphatic heterocycles. The standard InChI is InChI=1S/C16H20N6OS/c23-16(19-8-11-2-1-4-17-11)13-9-22(6-7-24-13)15-12-3-5-18-14(12)20-10-21-15/h3,5,9-11,17H,1-2,4,6-8H2,(H,19,23)(H,18,20,21)/t11-/m0/s1. The average molecular weight is 344 g/mol. The second kappa shape index (κ2) is 6.82. The summed E-state index contributed by atoms with van der Waals surface area (Å²) >= 11 is 1.60. The number of fused-ring (bicyclic) bond motifs is 1. The largest absolute Gasteiger partial charge is 0.350 e. The first kappa shape index (κ1) is 15.5. The molecule has 126 valence electrons. The van der Waals surface area contributed by atoms with Crippen LogP contribution in [0, 0.1) is 0 Å². The molecule has 1 saturated heterocycles. The lowest BCUT2D eigenvalue weighted by Gasteiger charge is -2.25. The average Bonchev–Trinajstić information content (AvgIpc) is 3.30. The Hall–Kier alpha value is -2.06. The van der Waals surface area contributed by atoms with Crippen LogP contribution in [0.5, 0.6) is 0 Å². The SMILES string of the molecule is O=C(NC[C@@H]1CCCN1)C1=CN(c2ncnc3[nH]ccc23)CCS1. The quantitative estimate of drug-likeness (QED) is 0.773. The molecule has 0 aromatic carbocycles. The predicted octanol–water partition coefficient (Wildman–Crippen LogP) is 1.22. The van der Waals surface area contributed by atoms with Crippen molar-refractivity contribution in [3.8, 4) is 0 Å². The van der Waals surface area contributed by atoms with E-state index < -0.39 is 0 Å². The van der Waals surface area contributed by atoms with E-state index in [1.165, 1.54) is 6.42 Å². The third-order valence-electron chi connectivity index (χ3n) is 4.36. The summed E-state index contributed by atoms with van der Waals surface area (Å²) in [7, 11) is 0. The van der Waals surface area contributed by atoms with Crippen LogP contribution in [0.15, 0.2) is 29.7 Å². The van der Waals surface area contributed by atoms with Crippen LogP contribution in [-0.4, -0.2) is 52.3 Å². The summed E-state index contributed by atoms with van der Waals surface area (Å²) in [6.07, 6.45) is 7.63. The van der Waals surface area contributed by atoms with E-state index in [-0.39, 0.29) is 5.91 Å². The van der Waals surface area contributed by atoms with E-state index in [0.29, 0.717) is 12.6 Å². The number of amides is 1. The number of nitrogens with zero attached hydrogens (tertiary/aromatic N) is 3. The van der Waals surface area contributed by atoms with E-state index in [1.807, 2.05) is 23.4 Å². The molecule has 1 fully saturated rings. The molecule has 4 rings (SSSR count). The summed E-state index contributed by atoms with van der Waals surface area (Å²) in [5, 5.41) is 7.41. The lowest BCUT2D eigenvalue weighted by molar-refractivity contribution is -0.116.